The number of benzene rings is 1. The third-order valence-corrected chi connectivity index (χ3v) is 7.18. The fourth-order valence-corrected chi connectivity index (χ4v) is 5.12. The topological polar surface area (TPSA) is 104 Å². The predicted molar refractivity (Wildman–Crippen MR) is 112 cm³/mol. The van der Waals surface area contributed by atoms with Gasteiger partial charge in [0.1, 0.15) is 5.78 Å². The van der Waals surface area contributed by atoms with Gasteiger partial charge in [-0.15, -0.1) is 0 Å². The summed E-state index contributed by atoms with van der Waals surface area (Å²) in [4.78, 5) is 25.3. The quantitative estimate of drug-likeness (QED) is 0.372. The van der Waals surface area contributed by atoms with E-state index in [9.17, 15) is 24.9 Å². The van der Waals surface area contributed by atoms with E-state index in [2.05, 4.69) is 13.0 Å². The zero-order chi connectivity index (χ0) is 22.1. The zero-order valence-electron chi connectivity index (χ0n) is 17.9. The lowest BCUT2D eigenvalue weighted by Crippen LogP contribution is -2.57. The van der Waals surface area contributed by atoms with Crippen molar-refractivity contribution in [3.63, 3.8) is 0 Å². The van der Waals surface area contributed by atoms with Crippen LogP contribution in [0.15, 0.2) is 30.4 Å². The number of Topliss-reactive ketones (excluding diaryl/α,β-unsaturated/α-hetero) is 1. The van der Waals surface area contributed by atoms with Crippen LogP contribution in [0.3, 0.4) is 0 Å². The molecule has 0 spiro atoms. The highest BCUT2D eigenvalue weighted by molar-refractivity contribution is 5.87. The van der Waals surface area contributed by atoms with Gasteiger partial charge in [-0.25, -0.2) is 0 Å². The van der Waals surface area contributed by atoms with Gasteiger partial charge in [0.2, 0.25) is 0 Å². The second-order valence-electron chi connectivity index (χ2n) is 9.29. The van der Waals surface area contributed by atoms with E-state index >= 15 is 0 Å². The molecule has 6 heteroatoms. The first kappa shape index (κ1) is 22.3. The van der Waals surface area contributed by atoms with Gasteiger partial charge < -0.3 is 20.1 Å². The molecule has 0 saturated heterocycles. The zero-order valence-corrected chi connectivity index (χ0v) is 17.9. The van der Waals surface area contributed by atoms with E-state index in [0.29, 0.717) is 11.5 Å². The minimum Gasteiger partial charge on any atom is -0.504 e. The van der Waals surface area contributed by atoms with E-state index in [1.54, 1.807) is 13.0 Å². The summed E-state index contributed by atoms with van der Waals surface area (Å²) in [6.45, 7) is 5.72. The van der Waals surface area contributed by atoms with Crippen LogP contribution in [0, 0.1) is 23.2 Å². The van der Waals surface area contributed by atoms with Crippen LogP contribution < -0.4 is 0 Å². The lowest BCUT2D eigenvalue weighted by molar-refractivity contribution is -0.155. The van der Waals surface area contributed by atoms with Crippen molar-refractivity contribution in [3.8, 4) is 11.5 Å². The van der Waals surface area contributed by atoms with Crippen LogP contribution >= 0.6 is 0 Å². The molecular weight excluding hydrogens is 384 g/mol. The molecule has 0 bridgehead atoms. The second kappa shape index (κ2) is 8.42. The molecule has 1 aromatic carbocycles. The number of phenols is 2. The van der Waals surface area contributed by atoms with Crippen molar-refractivity contribution >= 4 is 11.8 Å². The summed E-state index contributed by atoms with van der Waals surface area (Å²) in [7, 11) is 0. The fraction of sp³-hybridized carbons (Fsp3) is 0.583. The van der Waals surface area contributed by atoms with E-state index in [1.807, 2.05) is 6.92 Å². The largest absolute Gasteiger partial charge is 0.504 e. The normalized spacial score (nSPS) is 33.0. The number of hydrogen-bond acceptors (Lipinski definition) is 6. The molecule has 1 fully saturated rings. The SMILES string of the molecule is C[C@H]1CC[C@H]2[C@@H](C=C[C@@](C)(O)[C@]2(C)C(=O)CCOC(=O)Cc2ccc(O)c(O)c2)C1. The Morgan fingerprint density at radius 2 is 1.90 bits per heavy atom. The first-order valence-electron chi connectivity index (χ1n) is 10.7. The average molecular weight is 417 g/mol. The molecule has 30 heavy (non-hydrogen) atoms. The molecule has 2 aliphatic rings. The smallest absolute Gasteiger partial charge is 0.310 e. The highest BCUT2D eigenvalue weighted by atomic mass is 16.5. The van der Waals surface area contributed by atoms with Crippen molar-refractivity contribution in [1.29, 1.82) is 0 Å². The summed E-state index contributed by atoms with van der Waals surface area (Å²) in [5.74, 6) is -0.181. The summed E-state index contributed by atoms with van der Waals surface area (Å²) >= 11 is 0. The van der Waals surface area contributed by atoms with E-state index in [0.717, 1.165) is 19.3 Å². The number of allylic oxidation sites excluding steroid dienone is 1. The molecular formula is C24H32O6. The van der Waals surface area contributed by atoms with Crippen LogP contribution in [0.2, 0.25) is 0 Å². The Hall–Kier alpha value is -2.34. The average Bonchev–Trinajstić information content (AvgIpc) is 2.67. The number of aromatic hydroxyl groups is 2. The third kappa shape index (κ3) is 4.24. The number of ether oxygens (including phenoxy) is 1. The van der Waals surface area contributed by atoms with Gasteiger partial charge >= 0.3 is 5.97 Å². The number of aliphatic hydroxyl groups is 1. The lowest BCUT2D eigenvalue weighted by atomic mass is 9.52. The molecule has 2 aliphatic carbocycles. The maximum atomic E-state index is 13.2. The first-order chi connectivity index (χ1) is 14.0. The number of rotatable bonds is 6. The van der Waals surface area contributed by atoms with Crippen molar-refractivity contribution in [3.05, 3.63) is 35.9 Å². The van der Waals surface area contributed by atoms with Gasteiger partial charge in [0.15, 0.2) is 11.5 Å². The molecule has 1 saturated carbocycles. The summed E-state index contributed by atoms with van der Waals surface area (Å²) in [5.41, 5.74) is -1.64. The Morgan fingerprint density at radius 3 is 2.60 bits per heavy atom. The van der Waals surface area contributed by atoms with Crippen molar-refractivity contribution < 1.29 is 29.6 Å². The number of ketones is 1. The molecule has 0 amide bonds. The van der Waals surface area contributed by atoms with Crippen LogP contribution in [0.25, 0.3) is 0 Å². The molecule has 0 heterocycles. The van der Waals surface area contributed by atoms with Crippen LogP contribution in [0.4, 0.5) is 0 Å². The number of carbonyl (C=O) groups excluding carboxylic acids is 2. The first-order valence-corrected chi connectivity index (χ1v) is 10.7. The Balaban J connectivity index is 1.60. The van der Waals surface area contributed by atoms with Crippen molar-refractivity contribution in [2.24, 2.45) is 23.2 Å². The molecule has 0 aromatic heterocycles. The number of hydrogen-bond donors (Lipinski definition) is 3. The van der Waals surface area contributed by atoms with Gasteiger partial charge in [0.05, 0.1) is 24.0 Å². The molecule has 0 aliphatic heterocycles. The molecule has 6 nitrogen and oxygen atoms in total. The molecule has 164 valence electrons. The predicted octanol–water partition coefficient (Wildman–Crippen LogP) is 3.52. The van der Waals surface area contributed by atoms with Crippen LogP contribution in [-0.2, 0) is 20.7 Å². The fourth-order valence-electron chi connectivity index (χ4n) is 5.12. The van der Waals surface area contributed by atoms with Crippen LogP contribution in [0.5, 0.6) is 11.5 Å². The van der Waals surface area contributed by atoms with E-state index in [4.69, 9.17) is 4.74 Å². The maximum absolute atomic E-state index is 13.2. The molecule has 3 rings (SSSR count). The number of fused-ring (bicyclic) bond motifs is 1. The molecule has 0 radical (unpaired) electrons. The van der Waals surface area contributed by atoms with Crippen molar-refractivity contribution in [1.82, 2.24) is 0 Å². The second-order valence-corrected chi connectivity index (χ2v) is 9.29. The summed E-state index contributed by atoms with van der Waals surface area (Å²) < 4.78 is 5.24. The van der Waals surface area contributed by atoms with Crippen molar-refractivity contribution in [2.45, 2.75) is 58.5 Å². The Bertz CT molecular complexity index is 842. The molecule has 0 unspecified atom stereocenters. The Labute approximate surface area is 177 Å². The number of phenolic OH excluding ortho intramolecular Hbond substituents is 2. The van der Waals surface area contributed by atoms with Gasteiger partial charge in [-0.1, -0.05) is 31.6 Å². The van der Waals surface area contributed by atoms with Gasteiger partial charge in [0.25, 0.3) is 0 Å². The van der Waals surface area contributed by atoms with Gasteiger partial charge in [-0.05, 0) is 62.1 Å². The number of carbonyl (C=O) groups is 2. The number of esters is 1. The Morgan fingerprint density at radius 1 is 1.17 bits per heavy atom. The highest BCUT2D eigenvalue weighted by Crippen LogP contribution is 2.54. The van der Waals surface area contributed by atoms with Crippen LogP contribution in [0.1, 0.15) is 52.0 Å². The standard InChI is InChI=1S/C24H32O6/c1-15-4-6-18-17(12-15)8-10-23(2,29)24(18,3)21(27)9-11-30-22(28)14-16-5-7-19(25)20(26)13-16/h5,7-8,10,13,15,17-18,25-26,29H,4,6,9,11-12,14H2,1-3H3/t15-,17-,18-,23+,24-/m0/s1. The maximum Gasteiger partial charge on any atom is 0.310 e. The van der Waals surface area contributed by atoms with Gasteiger partial charge in [-0.3, -0.25) is 9.59 Å². The minimum absolute atomic E-state index is 0.0475. The molecule has 3 N–H and O–H groups in total. The van der Waals surface area contributed by atoms with E-state index in [1.165, 1.54) is 18.2 Å². The monoisotopic (exact) mass is 416 g/mol. The third-order valence-electron chi connectivity index (χ3n) is 7.18. The molecule has 5 atom stereocenters. The lowest BCUT2D eigenvalue weighted by Gasteiger charge is -2.53. The Kier molecular flexibility index (Phi) is 6.27. The summed E-state index contributed by atoms with van der Waals surface area (Å²) in [5, 5.41) is 29.9. The summed E-state index contributed by atoms with van der Waals surface area (Å²) in [6, 6.07) is 4.14. The van der Waals surface area contributed by atoms with Gasteiger partial charge in [0, 0.05) is 6.42 Å². The highest BCUT2D eigenvalue weighted by Gasteiger charge is 2.56. The van der Waals surface area contributed by atoms with Crippen LogP contribution in [-0.4, -0.2) is 39.3 Å². The van der Waals surface area contributed by atoms with Crippen molar-refractivity contribution in [2.75, 3.05) is 6.61 Å². The van der Waals surface area contributed by atoms with E-state index < -0.39 is 17.0 Å². The van der Waals surface area contributed by atoms with Gasteiger partial charge in [-0.2, -0.15) is 0 Å². The minimum atomic E-state index is -1.24. The molecule has 1 aromatic rings. The van der Waals surface area contributed by atoms with E-state index in [-0.39, 0.29) is 48.6 Å². The summed E-state index contributed by atoms with van der Waals surface area (Å²) in [6.07, 6.45) is 6.79.